The predicted molar refractivity (Wildman–Crippen MR) is 87.4 cm³/mol. The Labute approximate surface area is 131 Å². The summed E-state index contributed by atoms with van der Waals surface area (Å²) in [5, 5.41) is 10.4. The number of rotatable bonds is 7. The molecule has 5 heteroatoms. The lowest BCUT2D eigenvalue weighted by Gasteiger charge is -2.24. The van der Waals surface area contributed by atoms with Crippen molar-refractivity contribution in [1.82, 2.24) is 4.98 Å². The molecule has 1 aliphatic carbocycles. The monoisotopic (exact) mass is 310 g/mol. The number of thiazole rings is 1. The zero-order chi connectivity index (χ0) is 15.4. The van der Waals surface area contributed by atoms with E-state index in [1.54, 1.807) is 11.3 Å². The van der Waals surface area contributed by atoms with Crippen LogP contribution in [0.3, 0.4) is 0 Å². The van der Waals surface area contributed by atoms with Gasteiger partial charge in [-0.2, -0.15) is 0 Å². The molecule has 0 aliphatic heterocycles. The van der Waals surface area contributed by atoms with Crippen LogP contribution in [0, 0.1) is 5.92 Å². The molecule has 1 aliphatic rings. The summed E-state index contributed by atoms with van der Waals surface area (Å²) in [5.74, 6) is -0.442. The van der Waals surface area contributed by atoms with Crippen molar-refractivity contribution >= 4 is 22.4 Å². The first-order valence-electron chi connectivity index (χ1n) is 8.07. The van der Waals surface area contributed by atoms with E-state index in [2.05, 4.69) is 25.7 Å². The van der Waals surface area contributed by atoms with E-state index < -0.39 is 11.9 Å². The number of hydrogen-bond donors (Lipinski definition) is 1. The van der Waals surface area contributed by atoms with Gasteiger partial charge in [-0.15, -0.1) is 11.3 Å². The second kappa shape index (κ2) is 7.25. The molecule has 1 atom stereocenters. The van der Waals surface area contributed by atoms with E-state index in [0.717, 1.165) is 43.2 Å². The molecule has 1 unspecified atom stereocenters. The molecule has 21 heavy (non-hydrogen) atoms. The molecule has 2 rings (SSSR count). The summed E-state index contributed by atoms with van der Waals surface area (Å²) in [5.41, 5.74) is 0.830. The molecule has 4 nitrogen and oxygen atoms in total. The number of nitrogens with zero attached hydrogens (tertiary/aromatic N) is 2. The second-order valence-corrected chi connectivity index (χ2v) is 6.87. The van der Waals surface area contributed by atoms with Gasteiger partial charge in [0.15, 0.2) is 5.13 Å². The van der Waals surface area contributed by atoms with Crippen LogP contribution in [-0.4, -0.2) is 29.1 Å². The van der Waals surface area contributed by atoms with Gasteiger partial charge in [-0.05, 0) is 32.1 Å². The van der Waals surface area contributed by atoms with Gasteiger partial charge in [0.25, 0.3) is 0 Å². The fraction of sp³-hybridized carbons (Fsp3) is 0.750. The Kier molecular flexibility index (Phi) is 5.62. The van der Waals surface area contributed by atoms with Crippen LogP contribution < -0.4 is 4.90 Å². The summed E-state index contributed by atoms with van der Waals surface area (Å²) in [4.78, 5) is 19.6. The number of hydrogen-bond acceptors (Lipinski definition) is 4. The molecule has 0 spiro atoms. The topological polar surface area (TPSA) is 53.4 Å². The van der Waals surface area contributed by atoms with Crippen molar-refractivity contribution in [3.05, 3.63) is 10.6 Å². The van der Waals surface area contributed by atoms with Crippen LogP contribution in [-0.2, 0) is 11.2 Å². The summed E-state index contributed by atoms with van der Waals surface area (Å²) >= 11 is 1.70. The van der Waals surface area contributed by atoms with Crippen LogP contribution >= 0.6 is 11.3 Å². The van der Waals surface area contributed by atoms with Crippen LogP contribution in [0.15, 0.2) is 0 Å². The second-order valence-electron chi connectivity index (χ2n) is 5.81. The summed E-state index contributed by atoms with van der Waals surface area (Å²) in [6.45, 7) is 8.57. The van der Waals surface area contributed by atoms with Gasteiger partial charge in [0.2, 0.25) is 0 Å². The average molecular weight is 310 g/mol. The third-order valence-electron chi connectivity index (χ3n) is 4.53. The average Bonchev–Trinajstić information content (AvgIpc) is 2.91. The van der Waals surface area contributed by atoms with Crippen molar-refractivity contribution in [3.8, 4) is 0 Å². The standard InChI is InChI=1S/C16H26N2O2S/c1-4-11(5-2)10-18(6-3)16-17-14-12(15(19)20)8-7-9-13(14)21-16/h11-12H,4-10H2,1-3H3,(H,19,20). The Balaban J connectivity index is 2.22. The molecule has 0 amide bonds. The van der Waals surface area contributed by atoms with E-state index in [1.165, 1.54) is 17.7 Å². The van der Waals surface area contributed by atoms with E-state index >= 15 is 0 Å². The minimum absolute atomic E-state index is 0.398. The number of carboxylic acids is 1. The number of carboxylic acid groups (broad SMARTS) is 1. The van der Waals surface area contributed by atoms with Crippen LogP contribution in [0.4, 0.5) is 5.13 Å². The highest BCUT2D eigenvalue weighted by molar-refractivity contribution is 7.15. The van der Waals surface area contributed by atoms with E-state index in [4.69, 9.17) is 4.98 Å². The smallest absolute Gasteiger partial charge is 0.312 e. The molecule has 0 radical (unpaired) electrons. The molecule has 0 saturated carbocycles. The molecule has 1 aromatic rings. The molecule has 0 saturated heterocycles. The number of aliphatic carboxylic acids is 1. The van der Waals surface area contributed by atoms with Gasteiger partial charge in [-0.3, -0.25) is 4.79 Å². The van der Waals surface area contributed by atoms with Crippen molar-refractivity contribution < 1.29 is 9.90 Å². The third-order valence-corrected chi connectivity index (χ3v) is 5.72. The summed E-state index contributed by atoms with van der Waals surface area (Å²) < 4.78 is 0. The van der Waals surface area contributed by atoms with E-state index in [0.29, 0.717) is 5.92 Å². The fourth-order valence-electron chi connectivity index (χ4n) is 2.98. The zero-order valence-electron chi connectivity index (χ0n) is 13.3. The number of aromatic nitrogens is 1. The van der Waals surface area contributed by atoms with Gasteiger partial charge in [-0.1, -0.05) is 26.7 Å². The van der Waals surface area contributed by atoms with Gasteiger partial charge in [0.1, 0.15) is 5.92 Å². The lowest BCUT2D eigenvalue weighted by Crippen LogP contribution is -2.29. The molecule has 118 valence electrons. The predicted octanol–water partition coefficient (Wildman–Crippen LogP) is 3.91. The Bertz CT molecular complexity index is 483. The lowest BCUT2D eigenvalue weighted by atomic mass is 9.91. The van der Waals surface area contributed by atoms with Crippen LogP contribution in [0.2, 0.25) is 0 Å². The first-order chi connectivity index (χ1) is 10.1. The number of carbonyl (C=O) groups is 1. The maximum atomic E-state index is 11.4. The van der Waals surface area contributed by atoms with Gasteiger partial charge >= 0.3 is 5.97 Å². The molecule has 0 fully saturated rings. The van der Waals surface area contributed by atoms with Gasteiger partial charge in [-0.25, -0.2) is 4.98 Å². The Hall–Kier alpha value is -1.10. The molecule has 0 bridgehead atoms. The maximum absolute atomic E-state index is 11.4. The Morgan fingerprint density at radius 3 is 2.71 bits per heavy atom. The Morgan fingerprint density at radius 1 is 1.43 bits per heavy atom. The third kappa shape index (κ3) is 3.57. The number of anilines is 1. The zero-order valence-corrected chi connectivity index (χ0v) is 14.1. The maximum Gasteiger partial charge on any atom is 0.312 e. The summed E-state index contributed by atoms with van der Waals surface area (Å²) in [7, 11) is 0. The summed E-state index contributed by atoms with van der Waals surface area (Å²) in [6, 6.07) is 0. The summed E-state index contributed by atoms with van der Waals surface area (Å²) in [6.07, 6.45) is 5.03. The highest BCUT2D eigenvalue weighted by atomic mass is 32.1. The van der Waals surface area contributed by atoms with Gasteiger partial charge < -0.3 is 10.0 Å². The molecular formula is C16H26N2O2S. The molecule has 1 aromatic heterocycles. The number of aryl methyl sites for hydroxylation is 1. The van der Waals surface area contributed by atoms with Crippen molar-refractivity contribution in [2.24, 2.45) is 5.92 Å². The van der Waals surface area contributed by atoms with E-state index in [-0.39, 0.29) is 0 Å². The number of fused-ring (bicyclic) bond motifs is 1. The quantitative estimate of drug-likeness (QED) is 0.829. The lowest BCUT2D eigenvalue weighted by molar-refractivity contribution is -0.139. The van der Waals surface area contributed by atoms with E-state index in [9.17, 15) is 9.90 Å². The molecular weight excluding hydrogens is 284 g/mol. The van der Waals surface area contributed by atoms with Crippen LogP contribution in [0.1, 0.15) is 62.9 Å². The van der Waals surface area contributed by atoms with Crippen molar-refractivity contribution in [3.63, 3.8) is 0 Å². The molecule has 1 N–H and O–H groups in total. The highest BCUT2D eigenvalue weighted by Crippen LogP contribution is 2.38. The first-order valence-corrected chi connectivity index (χ1v) is 8.89. The Morgan fingerprint density at radius 2 is 2.14 bits per heavy atom. The normalized spacial score (nSPS) is 17.8. The van der Waals surface area contributed by atoms with Crippen molar-refractivity contribution in [2.45, 2.75) is 58.8 Å². The van der Waals surface area contributed by atoms with Crippen LogP contribution in [0.25, 0.3) is 0 Å². The first kappa shape index (κ1) is 16.3. The SMILES string of the molecule is CCC(CC)CN(CC)c1nc2c(s1)CCCC2C(=O)O. The van der Waals surface area contributed by atoms with Gasteiger partial charge in [0.05, 0.1) is 5.69 Å². The van der Waals surface area contributed by atoms with E-state index in [1.807, 2.05) is 0 Å². The molecule has 0 aromatic carbocycles. The molecule has 1 heterocycles. The fourth-order valence-corrected chi connectivity index (χ4v) is 4.22. The van der Waals surface area contributed by atoms with Crippen molar-refractivity contribution in [2.75, 3.05) is 18.0 Å². The minimum Gasteiger partial charge on any atom is -0.481 e. The largest absolute Gasteiger partial charge is 0.481 e. The highest BCUT2D eigenvalue weighted by Gasteiger charge is 2.30. The van der Waals surface area contributed by atoms with Crippen molar-refractivity contribution in [1.29, 1.82) is 0 Å². The van der Waals surface area contributed by atoms with Crippen LogP contribution in [0.5, 0.6) is 0 Å². The minimum atomic E-state index is -0.726. The van der Waals surface area contributed by atoms with Gasteiger partial charge in [0, 0.05) is 18.0 Å².